The van der Waals surface area contributed by atoms with Gasteiger partial charge in [0.05, 0.1) is 18.0 Å². The predicted molar refractivity (Wildman–Crippen MR) is 84.2 cm³/mol. The minimum atomic E-state index is -0.499. The fourth-order valence-corrected chi connectivity index (χ4v) is 2.37. The van der Waals surface area contributed by atoms with E-state index in [9.17, 15) is 14.9 Å². The Morgan fingerprint density at radius 3 is 2.86 bits per heavy atom. The zero-order chi connectivity index (χ0) is 15.2. The van der Waals surface area contributed by atoms with Gasteiger partial charge in [0.1, 0.15) is 0 Å². The zero-order valence-electron chi connectivity index (χ0n) is 12.1. The quantitative estimate of drug-likeness (QED) is 0.655. The summed E-state index contributed by atoms with van der Waals surface area (Å²) in [6, 6.07) is 6.18. The van der Waals surface area contributed by atoms with E-state index < -0.39 is 4.92 Å². The van der Waals surface area contributed by atoms with Crippen molar-refractivity contribution < 1.29 is 14.5 Å². The molecule has 2 N–H and O–H groups in total. The Hall–Kier alpha value is -1.86. The van der Waals surface area contributed by atoms with Gasteiger partial charge in [0.2, 0.25) is 5.91 Å². The molecule has 1 aliphatic rings. The van der Waals surface area contributed by atoms with Crippen LogP contribution in [0.1, 0.15) is 19.3 Å². The number of piperidine rings is 1. The van der Waals surface area contributed by atoms with Gasteiger partial charge in [-0.2, -0.15) is 0 Å². The summed E-state index contributed by atoms with van der Waals surface area (Å²) in [7, 11) is 0. The van der Waals surface area contributed by atoms with E-state index in [4.69, 9.17) is 10.5 Å². The lowest BCUT2D eigenvalue weighted by atomic mass is 10.1. The summed E-state index contributed by atoms with van der Waals surface area (Å²) in [5.74, 6) is 0.161. The standard InChI is InChI=1S/C14H19N3O4.ClH/c15-11-4-3-8-16(10-11)14(18)7-9-21-13-6-2-1-5-12(13)17(19)20;/h1-2,5-6,11H,3-4,7-10,15H2;1H. The summed E-state index contributed by atoms with van der Waals surface area (Å²) in [5.41, 5.74) is 5.74. The lowest BCUT2D eigenvalue weighted by Gasteiger charge is -2.30. The maximum atomic E-state index is 12.0. The number of ether oxygens (including phenoxy) is 1. The van der Waals surface area contributed by atoms with Crippen LogP contribution in [0.4, 0.5) is 5.69 Å². The molecule has 1 amide bonds. The van der Waals surface area contributed by atoms with Crippen LogP contribution in [0.3, 0.4) is 0 Å². The number of hydrogen-bond acceptors (Lipinski definition) is 5. The molecule has 7 nitrogen and oxygen atoms in total. The minimum absolute atomic E-state index is 0. The van der Waals surface area contributed by atoms with Gasteiger partial charge in [-0.05, 0) is 18.9 Å². The van der Waals surface area contributed by atoms with E-state index in [1.807, 2.05) is 0 Å². The van der Waals surface area contributed by atoms with Crippen LogP contribution in [0.25, 0.3) is 0 Å². The number of nitro benzene ring substituents is 1. The molecule has 8 heteroatoms. The molecular formula is C14H20ClN3O4. The molecule has 0 bridgehead atoms. The third kappa shape index (κ3) is 4.85. The molecule has 1 aliphatic heterocycles. The molecule has 0 aromatic heterocycles. The average molecular weight is 330 g/mol. The van der Waals surface area contributed by atoms with Crippen LogP contribution in [-0.4, -0.2) is 41.5 Å². The Bertz CT molecular complexity index is 527. The number of amides is 1. The third-order valence-electron chi connectivity index (χ3n) is 3.45. The molecule has 1 fully saturated rings. The van der Waals surface area contributed by atoms with Crippen molar-refractivity contribution in [3.63, 3.8) is 0 Å². The predicted octanol–water partition coefficient (Wildman–Crippen LogP) is 1.74. The van der Waals surface area contributed by atoms with Gasteiger partial charge in [0, 0.05) is 25.2 Å². The number of benzene rings is 1. The van der Waals surface area contributed by atoms with Crippen molar-refractivity contribution in [1.82, 2.24) is 4.90 Å². The molecule has 1 unspecified atom stereocenters. The van der Waals surface area contributed by atoms with E-state index in [1.165, 1.54) is 12.1 Å². The minimum Gasteiger partial charge on any atom is -0.486 e. The highest BCUT2D eigenvalue weighted by Crippen LogP contribution is 2.25. The number of nitrogens with zero attached hydrogens (tertiary/aromatic N) is 2. The number of hydrogen-bond donors (Lipinski definition) is 1. The van der Waals surface area contributed by atoms with Crippen molar-refractivity contribution in [2.24, 2.45) is 5.73 Å². The van der Waals surface area contributed by atoms with Crippen LogP contribution in [0, 0.1) is 10.1 Å². The first-order valence-electron chi connectivity index (χ1n) is 6.97. The van der Waals surface area contributed by atoms with E-state index in [0.717, 1.165) is 19.4 Å². The number of rotatable bonds is 5. The van der Waals surface area contributed by atoms with Crippen molar-refractivity contribution >= 4 is 24.0 Å². The molecule has 2 rings (SSSR count). The molecule has 0 spiro atoms. The van der Waals surface area contributed by atoms with E-state index in [1.54, 1.807) is 17.0 Å². The second kappa shape index (κ2) is 8.55. The van der Waals surface area contributed by atoms with Crippen LogP contribution in [0.5, 0.6) is 5.75 Å². The number of likely N-dealkylation sites (tertiary alicyclic amines) is 1. The van der Waals surface area contributed by atoms with Crippen LogP contribution in [-0.2, 0) is 4.79 Å². The average Bonchev–Trinajstić information content (AvgIpc) is 2.47. The summed E-state index contributed by atoms with van der Waals surface area (Å²) in [6.07, 6.45) is 2.05. The van der Waals surface area contributed by atoms with Crippen LogP contribution in [0.2, 0.25) is 0 Å². The molecule has 1 saturated heterocycles. The smallest absolute Gasteiger partial charge is 0.310 e. The van der Waals surface area contributed by atoms with Crippen molar-refractivity contribution in [3.05, 3.63) is 34.4 Å². The second-order valence-electron chi connectivity index (χ2n) is 5.07. The zero-order valence-corrected chi connectivity index (χ0v) is 13.0. The molecule has 1 atom stereocenters. The molecule has 0 radical (unpaired) electrons. The molecule has 22 heavy (non-hydrogen) atoms. The van der Waals surface area contributed by atoms with Gasteiger partial charge >= 0.3 is 5.69 Å². The van der Waals surface area contributed by atoms with Crippen molar-refractivity contribution in [1.29, 1.82) is 0 Å². The summed E-state index contributed by atoms with van der Waals surface area (Å²) in [4.78, 5) is 24.1. The van der Waals surface area contributed by atoms with Gasteiger partial charge in [-0.3, -0.25) is 14.9 Å². The summed E-state index contributed by atoms with van der Waals surface area (Å²) in [5, 5.41) is 10.8. The Balaban J connectivity index is 0.00000242. The highest BCUT2D eigenvalue weighted by atomic mass is 35.5. The van der Waals surface area contributed by atoms with E-state index in [-0.39, 0.29) is 48.8 Å². The highest BCUT2D eigenvalue weighted by Gasteiger charge is 2.21. The first-order valence-corrected chi connectivity index (χ1v) is 6.97. The van der Waals surface area contributed by atoms with Gasteiger partial charge in [-0.1, -0.05) is 12.1 Å². The summed E-state index contributed by atoms with van der Waals surface area (Å²) >= 11 is 0. The number of carbonyl (C=O) groups excluding carboxylic acids is 1. The second-order valence-corrected chi connectivity index (χ2v) is 5.07. The first kappa shape index (κ1) is 18.2. The van der Waals surface area contributed by atoms with Gasteiger partial charge in [-0.25, -0.2) is 0 Å². The summed E-state index contributed by atoms with van der Waals surface area (Å²) in [6.45, 7) is 1.41. The van der Waals surface area contributed by atoms with Crippen molar-refractivity contribution in [3.8, 4) is 5.75 Å². The number of nitro groups is 1. The molecule has 122 valence electrons. The fourth-order valence-electron chi connectivity index (χ4n) is 2.37. The monoisotopic (exact) mass is 329 g/mol. The van der Waals surface area contributed by atoms with Gasteiger partial charge in [-0.15, -0.1) is 12.4 Å². The maximum Gasteiger partial charge on any atom is 0.310 e. The molecule has 1 aromatic rings. The molecule has 1 heterocycles. The molecular weight excluding hydrogens is 310 g/mol. The normalized spacial score (nSPS) is 17.5. The van der Waals surface area contributed by atoms with Crippen LogP contribution >= 0.6 is 12.4 Å². The van der Waals surface area contributed by atoms with E-state index in [2.05, 4.69) is 0 Å². The van der Waals surface area contributed by atoms with Gasteiger partial charge in [0.25, 0.3) is 0 Å². The fraction of sp³-hybridized carbons (Fsp3) is 0.500. The SMILES string of the molecule is Cl.NC1CCCN(C(=O)CCOc2ccccc2[N+](=O)[O-])C1. The third-order valence-corrected chi connectivity index (χ3v) is 3.45. The Morgan fingerprint density at radius 1 is 1.45 bits per heavy atom. The van der Waals surface area contributed by atoms with Gasteiger partial charge < -0.3 is 15.4 Å². The van der Waals surface area contributed by atoms with Crippen molar-refractivity contribution in [2.45, 2.75) is 25.3 Å². The Morgan fingerprint density at radius 2 is 2.18 bits per heavy atom. The lowest BCUT2D eigenvalue weighted by molar-refractivity contribution is -0.385. The number of carbonyl (C=O) groups is 1. The topological polar surface area (TPSA) is 98.7 Å². The first-order chi connectivity index (χ1) is 10.1. The highest BCUT2D eigenvalue weighted by molar-refractivity contribution is 5.85. The van der Waals surface area contributed by atoms with Gasteiger partial charge in [0.15, 0.2) is 5.75 Å². The van der Waals surface area contributed by atoms with Crippen LogP contribution in [0.15, 0.2) is 24.3 Å². The number of nitrogens with two attached hydrogens (primary N) is 1. The summed E-state index contributed by atoms with van der Waals surface area (Å²) < 4.78 is 5.37. The maximum absolute atomic E-state index is 12.0. The lowest BCUT2D eigenvalue weighted by Crippen LogP contribution is -2.46. The molecule has 0 aliphatic carbocycles. The molecule has 1 aromatic carbocycles. The van der Waals surface area contributed by atoms with Crippen LogP contribution < -0.4 is 10.5 Å². The number of halogens is 1. The van der Waals surface area contributed by atoms with E-state index in [0.29, 0.717) is 6.54 Å². The number of para-hydroxylation sites is 2. The molecule has 0 saturated carbocycles. The Labute approximate surface area is 135 Å². The van der Waals surface area contributed by atoms with Crippen molar-refractivity contribution in [2.75, 3.05) is 19.7 Å². The van der Waals surface area contributed by atoms with E-state index >= 15 is 0 Å². The largest absolute Gasteiger partial charge is 0.486 e. The Kier molecular flexibility index (Phi) is 7.07.